The Hall–Kier alpha value is -2.00. The molecule has 0 amide bonds. The van der Waals surface area contributed by atoms with Gasteiger partial charge in [0.25, 0.3) is 0 Å². The van der Waals surface area contributed by atoms with Gasteiger partial charge >= 0.3 is 0 Å². The largest absolute Gasteiger partial charge is 0.371 e. The molecule has 0 N–H and O–H groups in total. The topological polar surface area (TPSA) is 50.8 Å². The van der Waals surface area contributed by atoms with E-state index in [9.17, 15) is 0 Å². The minimum atomic E-state index is 0.457. The highest BCUT2D eigenvalue weighted by atomic mass is 15.2. The lowest BCUT2D eigenvalue weighted by Crippen LogP contribution is -2.46. The summed E-state index contributed by atoms with van der Waals surface area (Å²) in [7, 11) is 0. The van der Waals surface area contributed by atoms with Crippen molar-refractivity contribution in [2.24, 2.45) is 5.92 Å². The van der Waals surface area contributed by atoms with E-state index in [0.29, 0.717) is 11.1 Å². The molecule has 0 radical (unpaired) electrons. The molecule has 1 aliphatic rings. The van der Waals surface area contributed by atoms with Crippen molar-refractivity contribution in [3.8, 4) is 12.1 Å². The number of nitrogens with zero attached hydrogens (tertiary/aromatic N) is 3. The van der Waals surface area contributed by atoms with E-state index < -0.39 is 0 Å². The SMILES string of the molecule is CCC1CN(c2ccc(C#N)c(C#N)c2)C1. The van der Waals surface area contributed by atoms with Gasteiger partial charge in [-0.05, 0) is 30.5 Å². The summed E-state index contributed by atoms with van der Waals surface area (Å²) in [6.45, 7) is 4.32. The molecule has 2 rings (SSSR count). The van der Waals surface area contributed by atoms with Gasteiger partial charge in [0.15, 0.2) is 0 Å². The lowest BCUT2D eigenvalue weighted by molar-refractivity contribution is 0.399. The van der Waals surface area contributed by atoms with Gasteiger partial charge in [-0.25, -0.2) is 0 Å². The quantitative estimate of drug-likeness (QED) is 0.754. The van der Waals surface area contributed by atoms with E-state index in [-0.39, 0.29) is 0 Å². The van der Waals surface area contributed by atoms with Gasteiger partial charge < -0.3 is 4.90 Å². The molecule has 0 aromatic heterocycles. The van der Waals surface area contributed by atoms with Crippen LogP contribution in [0.3, 0.4) is 0 Å². The van der Waals surface area contributed by atoms with Crippen molar-refractivity contribution < 1.29 is 0 Å². The van der Waals surface area contributed by atoms with Crippen molar-refractivity contribution in [1.29, 1.82) is 10.5 Å². The molecule has 1 heterocycles. The predicted molar refractivity (Wildman–Crippen MR) is 61.9 cm³/mol. The minimum Gasteiger partial charge on any atom is -0.371 e. The zero-order valence-corrected chi connectivity index (χ0v) is 9.27. The van der Waals surface area contributed by atoms with Crippen LogP contribution in [-0.4, -0.2) is 13.1 Å². The lowest BCUT2D eigenvalue weighted by Gasteiger charge is -2.40. The maximum absolute atomic E-state index is 8.93. The second-order valence-corrected chi connectivity index (χ2v) is 4.13. The molecule has 16 heavy (non-hydrogen) atoms. The molecule has 0 spiro atoms. The molecule has 3 heteroatoms. The van der Waals surface area contributed by atoms with Crippen molar-refractivity contribution in [2.45, 2.75) is 13.3 Å². The van der Waals surface area contributed by atoms with E-state index in [2.05, 4.69) is 17.9 Å². The second kappa shape index (κ2) is 4.24. The van der Waals surface area contributed by atoms with Gasteiger partial charge in [-0.1, -0.05) is 6.92 Å². The summed E-state index contributed by atoms with van der Waals surface area (Å²) in [4.78, 5) is 2.25. The molecule has 1 saturated heterocycles. The molecule has 1 aromatic rings. The zero-order chi connectivity index (χ0) is 11.5. The molecule has 0 saturated carbocycles. The van der Waals surface area contributed by atoms with E-state index in [1.54, 1.807) is 6.07 Å². The first-order chi connectivity index (χ1) is 7.78. The molecular weight excluding hydrogens is 198 g/mol. The number of rotatable bonds is 2. The van der Waals surface area contributed by atoms with Crippen LogP contribution in [0.15, 0.2) is 18.2 Å². The van der Waals surface area contributed by atoms with Crippen LogP contribution in [-0.2, 0) is 0 Å². The molecule has 1 fully saturated rings. The van der Waals surface area contributed by atoms with Crippen molar-refractivity contribution >= 4 is 5.69 Å². The summed E-state index contributed by atoms with van der Waals surface area (Å²) >= 11 is 0. The summed E-state index contributed by atoms with van der Waals surface area (Å²) in [5.74, 6) is 0.779. The average Bonchev–Trinajstić information content (AvgIpc) is 2.27. The van der Waals surface area contributed by atoms with Crippen LogP contribution >= 0.6 is 0 Å². The van der Waals surface area contributed by atoms with Crippen LogP contribution in [0.25, 0.3) is 0 Å². The Morgan fingerprint density at radius 3 is 2.50 bits per heavy atom. The van der Waals surface area contributed by atoms with Crippen LogP contribution in [0.4, 0.5) is 5.69 Å². The van der Waals surface area contributed by atoms with E-state index >= 15 is 0 Å². The van der Waals surface area contributed by atoms with E-state index in [1.165, 1.54) is 6.42 Å². The zero-order valence-electron chi connectivity index (χ0n) is 9.27. The fraction of sp³-hybridized carbons (Fsp3) is 0.385. The summed E-state index contributed by atoms with van der Waals surface area (Å²) in [5, 5.41) is 17.7. The van der Waals surface area contributed by atoms with Crippen molar-refractivity contribution in [2.75, 3.05) is 18.0 Å². The standard InChI is InChI=1S/C13H13N3/c1-2-10-8-16(9-10)13-4-3-11(6-14)12(5-13)7-15/h3-5,10H,2,8-9H2,1H3. The number of anilines is 1. The first-order valence-corrected chi connectivity index (χ1v) is 5.47. The molecule has 0 aliphatic carbocycles. The van der Waals surface area contributed by atoms with Gasteiger partial charge in [-0.15, -0.1) is 0 Å². The monoisotopic (exact) mass is 211 g/mol. The van der Waals surface area contributed by atoms with Gasteiger partial charge in [-0.3, -0.25) is 0 Å². The molecule has 0 unspecified atom stereocenters. The third kappa shape index (κ3) is 1.73. The third-order valence-electron chi connectivity index (χ3n) is 3.14. The Morgan fingerprint density at radius 1 is 1.25 bits per heavy atom. The molecule has 3 nitrogen and oxygen atoms in total. The van der Waals surface area contributed by atoms with Crippen LogP contribution in [0, 0.1) is 28.6 Å². The molecular formula is C13H13N3. The molecule has 80 valence electrons. The van der Waals surface area contributed by atoms with Gasteiger partial charge in [-0.2, -0.15) is 10.5 Å². The van der Waals surface area contributed by atoms with Gasteiger partial charge in [0.1, 0.15) is 12.1 Å². The Morgan fingerprint density at radius 2 is 1.94 bits per heavy atom. The number of hydrogen-bond donors (Lipinski definition) is 0. The van der Waals surface area contributed by atoms with Crippen molar-refractivity contribution in [3.63, 3.8) is 0 Å². The highest BCUT2D eigenvalue weighted by Crippen LogP contribution is 2.27. The smallest absolute Gasteiger partial charge is 0.101 e. The predicted octanol–water partition coefficient (Wildman–Crippen LogP) is 2.28. The molecule has 0 atom stereocenters. The van der Waals surface area contributed by atoms with E-state index in [1.807, 2.05) is 18.2 Å². The molecule has 1 aliphatic heterocycles. The summed E-state index contributed by atoms with van der Waals surface area (Å²) in [5.41, 5.74) is 1.99. The van der Waals surface area contributed by atoms with Crippen molar-refractivity contribution in [3.05, 3.63) is 29.3 Å². The van der Waals surface area contributed by atoms with Crippen LogP contribution in [0.5, 0.6) is 0 Å². The minimum absolute atomic E-state index is 0.457. The van der Waals surface area contributed by atoms with Gasteiger partial charge in [0, 0.05) is 18.8 Å². The maximum atomic E-state index is 8.93. The second-order valence-electron chi connectivity index (χ2n) is 4.13. The Balaban J connectivity index is 2.20. The molecule has 0 bridgehead atoms. The summed E-state index contributed by atoms with van der Waals surface area (Å²) in [6, 6.07) is 9.55. The lowest BCUT2D eigenvalue weighted by atomic mass is 9.96. The number of hydrogen-bond acceptors (Lipinski definition) is 3. The summed E-state index contributed by atoms with van der Waals surface area (Å²) < 4.78 is 0. The summed E-state index contributed by atoms with van der Waals surface area (Å²) in [6.07, 6.45) is 1.21. The fourth-order valence-electron chi connectivity index (χ4n) is 1.96. The highest BCUT2D eigenvalue weighted by molar-refractivity contribution is 5.58. The normalized spacial score (nSPS) is 15.1. The van der Waals surface area contributed by atoms with Crippen LogP contribution in [0.2, 0.25) is 0 Å². The first kappa shape index (κ1) is 10.5. The Bertz CT molecular complexity index is 473. The van der Waals surface area contributed by atoms with Crippen LogP contribution in [0.1, 0.15) is 24.5 Å². The maximum Gasteiger partial charge on any atom is 0.101 e. The van der Waals surface area contributed by atoms with Gasteiger partial charge in [0.2, 0.25) is 0 Å². The molecule has 1 aromatic carbocycles. The van der Waals surface area contributed by atoms with Crippen LogP contribution < -0.4 is 4.90 Å². The number of nitriles is 2. The highest BCUT2D eigenvalue weighted by Gasteiger charge is 2.25. The Labute approximate surface area is 95.5 Å². The van der Waals surface area contributed by atoms with Crippen molar-refractivity contribution in [1.82, 2.24) is 0 Å². The Kier molecular flexibility index (Phi) is 2.79. The number of benzene rings is 1. The average molecular weight is 211 g/mol. The van der Waals surface area contributed by atoms with Gasteiger partial charge in [0.05, 0.1) is 11.1 Å². The van der Waals surface area contributed by atoms with E-state index in [0.717, 1.165) is 24.7 Å². The van der Waals surface area contributed by atoms with E-state index in [4.69, 9.17) is 10.5 Å². The third-order valence-corrected chi connectivity index (χ3v) is 3.14. The first-order valence-electron chi connectivity index (χ1n) is 5.47. The fourth-order valence-corrected chi connectivity index (χ4v) is 1.96.